The number of aliphatic imine (C=N–C) groups is 1. The summed E-state index contributed by atoms with van der Waals surface area (Å²) < 4.78 is 1.60. The van der Waals surface area contributed by atoms with Crippen molar-refractivity contribution in [3.63, 3.8) is 0 Å². The van der Waals surface area contributed by atoms with Crippen molar-refractivity contribution in [3.8, 4) is 0 Å². The van der Waals surface area contributed by atoms with E-state index in [9.17, 15) is 24.3 Å². The zero-order chi connectivity index (χ0) is 34.5. The first-order chi connectivity index (χ1) is 22.9. The number of thioether (sulfide) groups is 2. The van der Waals surface area contributed by atoms with E-state index in [2.05, 4.69) is 9.89 Å². The van der Waals surface area contributed by atoms with Crippen LogP contribution in [0.25, 0.3) is 10.5 Å². The molecule has 2 fully saturated rings. The minimum atomic E-state index is -1.24. The molecule has 2 saturated heterocycles. The Labute approximate surface area is 296 Å². The first-order valence-corrected chi connectivity index (χ1v) is 18.7. The van der Waals surface area contributed by atoms with Crippen molar-refractivity contribution in [3.05, 3.63) is 54.9 Å². The number of para-hydroxylation sites is 1. The minimum absolute atomic E-state index is 0.0434. The number of aliphatic carboxylic acids is 2. The number of carbonyl (C=O) groups is 3. The molecule has 0 spiro atoms. The molecule has 0 aliphatic carbocycles. The van der Waals surface area contributed by atoms with Gasteiger partial charge in [0.2, 0.25) is 0 Å². The van der Waals surface area contributed by atoms with Crippen molar-refractivity contribution < 1.29 is 24.6 Å². The maximum atomic E-state index is 13.6. The normalized spacial score (nSPS) is 20.3. The van der Waals surface area contributed by atoms with Crippen LogP contribution >= 0.6 is 47.1 Å². The number of allylic oxidation sites excluding steroid dienone is 1. The predicted octanol–water partition coefficient (Wildman–Crippen LogP) is 3.99. The summed E-state index contributed by atoms with van der Waals surface area (Å²) in [6, 6.07) is 7.95. The van der Waals surface area contributed by atoms with E-state index in [0.29, 0.717) is 11.0 Å². The molecule has 1 aromatic carbocycles. The fourth-order valence-corrected chi connectivity index (χ4v) is 9.55. The van der Waals surface area contributed by atoms with Gasteiger partial charge in [-0.05, 0) is 55.4 Å². The van der Waals surface area contributed by atoms with E-state index < -0.39 is 36.5 Å². The van der Waals surface area contributed by atoms with Gasteiger partial charge in [-0.2, -0.15) is 0 Å². The van der Waals surface area contributed by atoms with Crippen molar-refractivity contribution >= 4 is 91.2 Å². The molecular formula is C33H39N5O6S4. The van der Waals surface area contributed by atoms with Crippen LogP contribution in [-0.4, -0.2) is 85.8 Å². The van der Waals surface area contributed by atoms with Crippen molar-refractivity contribution in [2.24, 2.45) is 10.9 Å². The van der Waals surface area contributed by atoms with Gasteiger partial charge < -0.3 is 20.0 Å². The molecule has 256 valence electrons. The lowest BCUT2D eigenvalue weighted by molar-refractivity contribution is -0.140. The maximum absolute atomic E-state index is 13.6. The molecule has 2 N–H and O–H groups in total. The summed E-state index contributed by atoms with van der Waals surface area (Å²) in [5.74, 6) is -1.54. The Morgan fingerprint density at radius 3 is 2.46 bits per heavy atom. The van der Waals surface area contributed by atoms with Gasteiger partial charge in [0.05, 0.1) is 21.1 Å². The number of thiocarbonyl (C=S) groups is 1. The fraction of sp³-hybridized carbons (Fsp3) is 0.455. The van der Waals surface area contributed by atoms with Gasteiger partial charge in [-0.1, -0.05) is 68.1 Å². The molecule has 0 saturated carbocycles. The van der Waals surface area contributed by atoms with Gasteiger partial charge in [0.25, 0.3) is 11.5 Å². The van der Waals surface area contributed by atoms with Gasteiger partial charge in [0.15, 0.2) is 0 Å². The molecular weight excluding hydrogens is 691 g/mol. The Morgan fingerprint density at radius 1 is 1.02 bits per heavy atom. The molecule has 0 radical (unpaired) electrons. The van der Waals surface area contributed by atoms with E-state index in [0.717, 1.165) is 60.3 Å². The monoisotopic (exact) mass is 729 g/mol. The number of amides is 1. The highest BCUT2D eigenvalue weighted by molar-refractivity contribution is 8.30. The minimum Gasteiger partial charge on any atom is -0.480 e. The number of carboxylic acid groups (broad SMARTS) is 2. The summed E-state index contributed by atoms with van der Waals surface area (Å²) in [6.45, 7) is 6.39. The first kappa shape index (κ1) is 35.9. The average Bonchev–Trinajstić information content (AvgIpc) is 3.52. The molecule has 5 heterocycles. The zero-order valence-corrected chi connectivity index (χ0v) is 30.4. The largest absolute Gasteiger partial charge is 0.480 e. The van der Waals surface area contributed by atoms with Gasteiger partial charge in [0, 0.05) is 38.0 Å². The quantitative estimate of drug-likeness (QED) is 0.401. The van der Waals surface area contributed by atoms with Crippen molar-refractivity contribution in [2.75, 3.05) is 38.1 Å². The van der Waals surface area contributed by atoms with Crippen LogP contribution in [0.3, 0.4) is 0 Å². The Morgan fingerprint density at radius 2 is 1.75 bits per heavy atom. The number of hydrogen-bond acceptors (Lipinski definition) is 11. The van der Waals surface area contributed by atoms with Gasteiger partial charge >= 0.3 is 11.9 Å². The van der Waals surface area contributed by atoms with Crippen molar-refractivity contribution in [1.29, 1.82) is 0 Å². The summed E-state index contributed by atoms with van der Waals surface area (Å²) in [4.78, 5) is 60.6. The third-order valence-corrected chi connectivity index (χ3v) is 12.1. The second-order valence-corrected chi connectivity index (χ2v) is 15.9. The van der Waals surface area contributed by atoms with E-state index >= 15 is 0 Å². The van der Waals surface area contributed by atoms with Crippen LogP contribution < -0.4 is 19.7 Å². The highest BCUT2D eigenvalue weighted by Gasteiger charge is 2.35. The predicted molar refractivity (Wildman–Crippen MR) is 197 cm³/mol. The molecule has 1 aromatic heterocycles. The number of benzene rings is 1. The number of thiazole rings is 1. The molecule has 0 unspecified atom stereocenters. The topological polar surface area (TPSA) is 136 Å². The zero-order valence-electron chi connectivity index (χ0n) is 27.1. The maximum Gasteiger partial charge on any atom is 0.323 e. The van der Waals surface area contributed by atoms with Crippen LogP contribution in [0.15, 0.2) is 50.1 Å². The molecule has 2 aromatic rings. The van der Waals surface area contributed by atoms with Crippen LogP contribution in [-0.2, 0) is 20.9 Å². The van der Waals surface area contributed by atoms with Gasteiger partial charge in [-0.15, -0.1) is 11.3 Å². The van der Waals surface area contributed by atoms with E-state index in [-0.39, 0.29) is 19.8 Å². The number of rotatable bonds is 7. The highest BCUT2D eigenvalue weighted by Crippen LogP contribution is 2.45. The molecule has 48 heavy (non-hydrogen) atoms. The van der Waals surface area contributed by atoms with Crippen LogP contribution in [0.1, 0.15) is 52.4 Å². The van der Waals surface area contributed by atoms with Gasteiger partial charge in [-0.25, -0.2) is 0 Å². The number of carboxylic acids is 2. The third-order valence-electron chi connectivity index (χ3n) is 8.08. The summed E-state index contributed by atoms with van der Waals surface area (Å²) in [7, 11) is 1.95. The molecule has 11 nitrogen and oxygen atoms in total. The standard InChI is InChI=1S/C24H23N3O6S4.C9H16N2/c1-12(2)8-13(9-16-25(3)14-6-4-5-7-15(14)35-16)19-21(32)26(10-17(28)29)23(36-19)20-22(33)27(11-18(30)31)24(34)37-20;1-2-5-9-10-6-4-8-11(9)7-3-1/h4-7,9,12H,8,10-11H2,1-3H3,(H,28,29)(H,30,31);1-8H2/b16-9+,19-13+,23-20+;. The Balaban J connectivity index is 0.000000343. The molecule has 1 amide bonds. The number of anilines is 1. The molecule has 4 aliphatic heterocycles. The van der Waals surface area contributed by atoms with Crippen molar-refractivity contribution in [1.82, 2.24) is 14.4 Å². The number of amidine groups is 1. The van der Waals surface area contributed by atoms with Crippen LogP contribution in [0, 0.1) is 5.92 Å². The van der Waals surface area contributed by atoms with Crippen LogP contribution in [0.4, 0.5) is 5.69 Å². The van der Waals surface area contributed by atoms with Crippen LogP contribution in [0.5, 0.6) is 0 Å². The number of carbonyl (C=O) groups excluding carboxylic acids is 1. The molecule has 6 rings (SSSR count). The molecule has 15 heteroatoms. The number of aromatic nitrogens is 1. The number of hydrogen-bond donors (Lipinski definition) is 2. The molecule has 0 atom stereocenters. The second-order valence-electron chi connectivity index (χ2n) is 12.2. The van der Waals surface area contributed by atoms with E-state index in [1.54, 1.807) is 11.8 Å². The van der Waals surface area contributed by atoms with E-state index in [4.69, 9.17) is 17.3 Å². The summed E-state index contributed by atoms with van der Waals surface area (Å²) in [5, 5.41) is 19.6. The third kappa shape index (κ3) is 8.24. The van der Waals surface area contributed by atoms with Gasteiger partial charge in [0.1, 0.15) is 27.0 Å². The summed E-state index contributed by atoms with van der Waals surface area (Å²) >= 11 is 8.68. The number of nitrogens with zero attached hydrogens (tertiary/aromatic N) is 5. The smallest absolute Gasteiger partial charge is 0.323 e. The average molecular weight is 730 g/mol. The molecule has 0 bridgehead atoms. The lowest BCUT2D eigenvalue weighted by atomic mass is 10.0. The lowest BCUT2D eigenvalue weighted by Gasteiger charge is -2.27. The van der Waals surface area contributed by atoms with Gasteiger partial charge in [-0.3, -0.25) is 33.6 Å². The number of fused-ring (bicyclic) bond motifs is 2. The second kappa shape index (κ2) is 15.9. The Hall–Kier alpha value is -3.40. The summed E-state index contributed by atoms with van der Waals surface area (Å²) in [6.07, 6.45) is 9.13. The lowest BCUT2D eigenvalue weighted by Crippen LogP contribution is -2.37. The fourth-order valence-electron chi connectivity index (χ4n) is 5.85. The van der Waals surface area contributed by atoms with E-state index in [1.807, 2.05) is 56.1 Å². The Bertz CT molecular complexity index is 1860. The molecule has 4 aliphatic rings. The van der Waals surface area contributed by atoms with Crippen LogP contribution in [0.2, 0.25) is 0 Å². The summed E-state index contributed by atoms with van der Waals surface area (Å²) in [5.41, 5.74) is 1.27. The highest BCUT2D eigenvalue weighted by atomic mass is 32.2. The first-order valence-electron chi connectivity index (χ1n) is 15.9. The SMILES string of the molecule is C1CCC2=NCCCN2CC1.CC(C)CC(/C=C1/Sc2ccccc2N1C)=c1\s/c(=C2/SC(=S)N(CC(=O)O)C2=O)n(CC(=O)O)c1=O. The van der Waals surface area contributed by atoms with Crippen molar-refractivity contribution in [2.45, 2.75) is 63.8 Å². The Kier molecular flexibility index (Phi) is 11.9. The van der Waals surface area contributed by atoms with E-state index in [1.165, 1.54) is 51.0 Å².